The Hall–Kier alpha value is -1.81. The van der Waals surface area contributed by atoms with Crippen LogP contribution in [0.25, 0.3) is 0 Å². The van der Waals surface area contributed by atoms with Crippen molar-refractivity contribution >= 4 is 0 Å². The summed E-state index contributed by atoms with van der Waals surface area (Å²) in [6.45, 7) is 3.96. The molecule has 1 heterocycles. The van der Waals surface area contributed by atoms with Gasteiger partial charge in [0.05, 0.1) is 0 Å². The van der Waals surface area contributed by atoms with Crippen LogP contribution in [0, 0.1) is 11.8 Å². The van der Waals surface area contributed by atoms with Gasteiger partial charge in [-0.1, -0.05) is 30.1 Å². The largest absolute Gasteiger partial charge is 0.263 e. The van der Waals surface area contributed by atoms with E-state index in [4.69, 9.17) is 0 Å². The molecule has 0 saturated heterocycles. The molecule has 1 aromatic rings. The second-order valence-corrected chi connectivity index (χ2v) is 2.74. The molecule has 0 radical (unpaired) electrons. The molecule has 0 N–H and O–H groups in total. The molecule has 0 amide bonds. The lowest BCUT2D eigenvalue weighted by atomic mass is 10.2. The van der Waals surface area contributed by atoms with Gasteiger partial charge in [-0.25, -0.2) is 0 Å². The van der Waals surface area contributed by atoms with Crippen LogP contribution in [-0.4, -0.2) is 4.98 Å². The van der Waals surface area contributed by atoms with E-state index in [9.17, 15) is 0 Å². The summed E-state index contributed by atoms with van der Waals surface area (Å²) in [5.41, 5.74) is 1.97. The summed E-state index contributed by atoms with van der Waals surface area (Å²) in [6.07, 6.45) is 9.46. The van der Waals surface area contributed by atoms with E-state index in [1.807, 2.05) is 44.2 Å². The maximum Gasteiger partial charge on any atom is 0.0432 e. The summed E-state index contributed by atoms with van der Waals surface area (Å²) < 4.78 is 0. The molecule has 1 aromatic heterocycles. The lowest BCUT2D eigenvalue weighted by Crippen LogP contribution is -1.76. The quantitative estimate of drug-likeness (QED) is 0.482. The molecule has 14 heavy (non-hydrogen) atoms. The van der Waals surface area contributed by atoms with Crippen molar-refractivity contribution in [1.29, 1.82) is 0 Å². The van der Waals surface area contributed by atoms with Gasteiger partial charge in [-0.05, 0) is 26.0 Å². The van der Waals surface area contributed by atoms with Gasteiger partial charge in [-0.3, -0.25) is 4.98 Å². The Morgan fingerprint density at radius 1 is 1.43 bits per heavy atom. The Bertz CT molecular complexity index is 388. The second kappa shape index (κ2) is 5.77. The van der Waals surface area contributed by atoms with Crippen molar-refractivity contribution in [2.24, 2.45) is 0 Å². The summed E-state index contributed by atoms with van der Waals surface area (Å²) in [5, 5.41) is 0. The first-order valence-electron chi connectivity index (χ1n) is 4.58. The smallest absolute Gasteiger partial charge is 0.0432 e. The summed E-state index contributed by atoms with van der Waals surface area (Å²) in [7, 11) is 0. The zero-order valence-corrected chi connectivity index (χ0v) is 8.49. The van der Waals surface area contributed by atoms with Crippen LogP contribution in [-0.2, 0) is 0 Å². The van der Waals surface area contributed by atoms with E-state index in [-0.39, 0.29) is 0 Å². The Morgan fingerprint density at radius 3 is 2.86 bits per heavy atom. The third-order valence-corrected chi connectivity index (χ3v) is 1.67. The molecule has 0 saturated carbocycles. The SMILES string of the molecule is C/C=C\C(C#Cc1cccnc1)=C/C. The molecule has 0 fully saturated rings. The summed E-state index contributed by atoms with van der Waals surface area (Å²) in [6, 6.07) is 3.83. The standard InChI is InChI=1S/C13H13N/c1-3-6-12(4-2)8-9-13-7-5-10-14-11-13/h3-7,10-11H,1-2H3/b6-3-,12-4+. The van der Waals surface area contributed by atoms with E-state index >= 15 is 0 Å². The van der Waals surface area contributed by atoms with Crippen molar-refractivity contribution in [2.75, 3.05) is 0 Å². The number of aromatic nitrogens is 1. The van der Waals surface area contributed by atoms with Crippen molar-refractivity contribution < 1.29 is 0 Å². The van der Waals surface area contributed by atoms with Crippen LogP contribution < -0.4 is 0 Å². The molecule has 0 aliphatic rings. The van der Waals surface area contributed by atoms with Crippen LogP contribution in [0.2, 0.25) is 0 Å². The molecule has 1 nitrogen and oxygen atoms in total. The predicted molar refractivity (Wildman–Crippen MR) is 59.7 cm³/mol. The topological polar surface area (TPSA) is 12.9 Å². The fourth-order valence-electron chi connectivity index (χ4n) is 0.971. The Labute approximate surface area is 85.2 Å². The molecular formula is C13H13N. The third kappa shape index (κ3) is 3.28. The number of pyridine rings is 1. The number of allylic oxidation sites excluding steroid dienone is 4. The molecule has 0 spiro atoms. The molecule has 1 rings (SSSR count). The number of hydrogen-bond donors (Lipinski definition) is 0. The van der Waals surface area contributed by atoms with Gasteiger partial charge in [0.25, 0.3) is 0 Å². The van der Waals surface area contributed by atoms with Gasteiger partial charge in [0.1, 0.15) is 0 Å². The van der Waals surface area contributed by atoms with Crippen LogP contribution >= 0.6 is 0 Å². The molecule has 0 aliphatic heterocycles. The average molecular weight is 183 g/mol. The zero-order valence-electron chi connectivity index (χ0n) is 8.49. The fourth-order valence-corrected chi connectivity index (χ4v) is 0.971. The van der Waals surface area contributed by atoms with Crippen LogP contribution in [0.5, 0.6) is 0 Å². The van der Waals surface area contributed by atoms with Gasteiger partial charge in [0.2, 0.25) is 0 Å². The lowest BCUT2D eigenvalue weighted by molar-refractivity contribution is 1.31. The minimum Gasteiger partial charge on any atom is -0.263 e. The highest BCUT2D eigenvalue weighted by Crippen LogP contribution is 1.97. The van der Waals surface area contributed by atoms with Crippen LogP contribution in [0.4, 0.5) is 0 Å². The number of nitrogens with zero attached hydrogens (tertiary/aromatic N) is 1. The minimum absolute atomic E-state index is 0.941. The molecule has 0 unspecified atom stereocenters. The Kier molecular flexibility index (Phi) is 4.23. The maximum atomic E-state index is 3.99. The highest BCUT2D eigenvalue weighted by Gasteiger charge is 1.84. The summed E-state index contributed by atoms with van der Waals surface area (Å²) in [5.74, 6) is 6.12. The van der Waals surface area contributed by atoms with Gasteiger partial charge in [0, 0.05) is 23.5 Å². The predicted octanol–water partition coefficient (Wildman–Crippen LogP) is 2.96. The number of hydrogen-bond acceptors (Lipinski definition) is 1. The summed E-state index contributed by atoms with van der Waals surface area (Å²) in [4.78, 5) is 3.99. The molecule has 0 bridgehead atoms. The lowest BCUT2D eigenvalue weighted by Gasteiger charge is -1.87. The first-order valence-corrected chi connectivity index (χ1v) is 4.58. The Morgan fingerprint density at radius 2 is 2.29 bits per heavy atom. The van der Waals surface area contributed by atoms with Crippen LogP contribution in [0.1, 0.15) is 19.4 Å². The molecule has 70 valence electrons. The van der Waals surface area contributed by atoms with Crippen molar-refractivity contribution in [1.82, 2.24) is 4.98 Å². The van der Waals surface area contributed by atoms with Crippen molar-refractivity contribution in [3.8, 4) is 11.8 Å². The highest BCUT2D eigenvalue weighted by atomic mass is 14.6. The van der Waals surface area contributed by atoms with E-state index in [2.05, 4.69) is 16.8 Å². The monoisotopic (exact) mass is 183 g/mol. The normalized spacial score (nSPS) is 11.1. The van der Waals surface area contributed by atoms with E-state index in [0.29, 0.717) is 0 Å². The van der Waals surface area contributed by atoms with Crippen LogP contribution in [0.15, 0.2) is 48.3 Å². The van der Waals surface area contributed by atoms with E-state index < -0.39 is 0 Å². The number of rotatable bonds is 1. The van der Waals surface area contributed by atoms with Crippen molar-refractivity contribution in [3.05, 3.63) is 53.9 Å². The average Bonchev–Trinajstić information content (AvgIpc) is 2.25. The fraction of sp³-hybridized carbons (Fsp3) is 0.154. The highest BCUT2D eigenvalue weighted by molar-refractivity contribution is 5.43. The minimum atomic E-state index is 0.941. The van der Waals surface area contributed by atoms with E-state index in [1.165, 1.54) is 0 Å². The van der Waals surface area contributed by atoms with E-state index in [0.717, 1.165) is 11.1 Å². The zero-order chi connectivity index (χ0) is 10.2. The Balaban J connectivity index is 2.82. The van der Waals surface area contributed by atoms with Crippen LogP contribution in [0.3, 0.4) is 0 Å². The van der Waals surface area contributed by atoms with Gasteiger partial charge in [-0.2, -0.15) is 0 Å². The first kappa shape index (κ1) is 10.3. The molecule has 1 heteroatoms. The van der Waals surface area contributed by atoms with Gasteiger partial charge >= 0.3 is 0 Å². The molecule has 0 aliphatic carbocycles. The summed E-state index contributed by atoms with van der Waals surface area (Å²) >= 11 is 0. The first-order chi connectivity index (χ1) is 6.86. The third-order valence-electron chi connectivity index (χ3n) is 1.67. The van der Waals surface area contributed by atoms with Gasteiger partial charge in [-0.15, -0.1) is 0 Å². The molecular weight excluding hydrogens is 170 g/mol. The van der Waals surface area contributed by atoms with Crippen molar-refractivity contribution in [3.63, 3.8) is 0 Å². The van der Waals surface area contributed by atoms with Crippen molar-refractivity contribution in [2.45, 2.75) is 13.8 Å². The molecule has 0 aromatic carbocycles. The second-order valence-electron chi connectivity index (χ2n) is 2.74. The maximum absolute atomic E-state index is 3.99. The molecule has 0 atom stereocenters. The van der Waals surface area contributed by atoms with E-state index in [1.54, 1.807) is 12.4 Å². The van der Waals surface area contributed by atoms with Gasteiger partial charge < -0.3 is 0 Å². The van der Waals surface area contributed by atoms with Gasteiger partial charge in [0.15, 0.2) is 0 Å².